The molecule has 2 aliphatic rings. The number of nitrogens with zero attached hydrogens (tertiary/aromatic N) is 2. The Balaban J connectivity index is 1.69. The zero-order chi connectivity index (χ0) is 13.2. The molecule has 1 saturated carbocycles. The molecule has 2 heterocycles. The highest BCUT2D eigenvalue weighted by molar-refractivity contribution is 5.75. The maximum absolute atomic E-state index is 11.9. The Kier molecular flexibility index (Phi) is 3.33. The maximum atomic E-state index is 11.9. The van der Waals surface area contributed by atoms with Crippen LogP contribution in [-0.2, 0) is 24.3 Å². The summed E-state index contributed by atoms with van der Waals surface area (Å²) in [6.45, 7) is 2.30. The Morgan fingerprint density at radius 1 is 1.53 bits per heavy atom. The van der Waals surface area contributed by atoms with E-state index in [2.05, 4.69) is 15.7 Å². The lowest BCUT2D eigenvalue weighted by molar-refractivity contribution is -0.122. The van der Waals surface area contributed by atoms with Crippen LogP contribution in [0, 0.1) is 5.92 Å². The molecule has 1 aromatic heterocycles. The van der Waals surface area contributed by atoms with E-state index in [1.807, 2.05) is 0 Å². The van der Waals surface area contributed by atoms with Gasteiger partial charge >= 0.3 is 0 Å². The lowest BCUT2D eigenvalue weighted by atomic mass is 10.1. The smallest absolute Gasteiger partial charge is 0.267 e. The molecule has 2 N–H and O–H groups in total. The van der Waals surface area contributed by atoms with E-state index >= 15 is 0 Å². The van der Waals surface area contributed by atoms with Crippen molar-refractivity contribution in [2.24, 2.45) is 5.92 Å². The molecule has 3 rings (SSSR count). The fourth-order valence-electron chi connectivity index (χ4n) is 2.24. The van der Waals surface area contributed by atoms with Crippen molar-refractivity contribution in [1.29, 1.82) is 0 Å². The molecule has 0 atom stereocenters. The van der Waals surface area contributed by atoms with Crippen molar-refractivity contribution in [3.63, 3.8) is 0 Å². The molecule has 102 valence electrons. The second-order valence-corrected chi connectivity index (χ2v) is 5.29. The van der Waals surface area contributed by atoms with E-state index in [9.17, 15) is 9.59 Å². The summed E-state index contributed by atoms with van der Waals surface area (Å²) in [5.74, 6) is 0.513. The van der Waals surface area contributed by atoms with Gasteiger partial charge in [-0.2, -0.15) is 5.10 Å². The lowest BCUT2D eigenvalue weighted by Crippen LogP contribution is -2.37. The van der Waals surface area contributed by atoms with Crippen LogP contribution in [0.25, 0.3) is 0 Å². The minimum atomic E-state index is -0.205. The molecule has 0 saturated heterocycles. The third-order valence-corrected chi connectivity index (χ3v) is 3.60. The van der Waals surface area contributed by atoms with Crippen molar-refractivity contribution < 1.29 is 4.79 Å². The van der Waals surface area contributed by atoms with Gasteiger partial charge in [0.1, 0.15) is 6.54 Å². The van der Waals surface area contributed by atoms with Gasteiger partial charge < -0.3 is 10.6 Å². The molecule has 0 bridgehead atoms. The van der Waals surface area contributed by atoms with E-state index in [-0.39, 0.29) is 18.0 Å². The lowest BCUT2D eigenvalue weighted by Gasteiger charge is -2.16. The highest BCUT2D eigenvalue weighted by atomic mass is 16.2. The van der Waals surface area contributed by atoms with E-state index in [1.165, 1.54) is 17.5 Å². The Hall–Kier alpha value is -1.69. The van der Waals surface area contributed by atoms with Crippen molar-refractivity contribution in [3.8, 4) is 0 Å². The van der Waals surface area contributed by atoms with Crippen LogP contribution in [0.5, 0.6) is 0 Å². The van der Waals surface area contributed by atoms with Gasteiger partial charge in [0.25, 0.3) is 5.56 Å². The number of amides is 1. The molecular formula is C13H18N4O2. The molecule has 1 amide bonds. The standard InChI is InChI=1S/C13H18N4O2/c18-12(15-6-9-1-2-9)8-17-13(19)5-10-7-14-4-3-11(10)16-17/h5,9,14H,1-4,6-8H2,(H,15,18). The van der Waals surface area contributed by atoms with Crippen LogP contribution in [0.2, 0.25) is 0 Å². The normalized spacial score (nSPS) is 17.9. The van der Waals surface area contributed by atoms with Gasteiger partial charge in [-0.15, -0.1) is 0 Å². The summed E-state index contributed by atoms with van der Waals surface area (Å²) in [7, 11) is 0. The van der Waals surface area contributed by atoms with E-state index in [1.54, 1.807) is 6.07 Å². The van der Waals surface area contributed by atoms with Crippen LogP contribution < -0.4 is 16.2 Å². The number of carbonyl (C=O) groups is 1. The van der Waals surface area contributed by atoms with Crippen molar-refractivity contribution in [3.05, 3.63) is 27.7 Å². The van der Waals surface area contributed by atoms with Crippen LogP contribution in [-0.4, -0.2) is 28.8 Å². The van der Waals surface area contributed by atoms with Crippen LogP contribution >= 0.6 is 0 Å². The largest absolute Gasteiger partial charge is 0.354 e. The molecule has 1 aliphatic carbocycles. The van der Waals surface area contributed by atoms with Crippen molar-refractivity contribution in [2.45, 2.75) is 32.4 Å². The molecule has 6 heteroatoms. The van der Waals surface area contributed by atoms with Gasteiger partial charge in [-0.3, -0.25) is 9.59 Å². The summed E-state index contributed by atoms with van der Waals surface area (Å²) in [5.41, 5.74) is 1.67. The first-order chi connectivity index (χ1) is 9.22. The second kappa shape index (κ2) is 5.13. The Bertz CT molecular complexity index is 548. The van der Waals surface area contributed by atoms with Crippen molar-refractivity contribution in [2.75, 3.05) is 13.1 Å². The summed E-state index contributed by atoms with van der Waals surface area (Å²) < 4.78 is 1.27. The van der Waals surface area contributed by atoms with Gasteiger partial charge in [0.05, 0.1) is 5.69 Å². The molecule has 0 spiro atoms. The molecule has 1 aromatic rings. The highest BCUT2D eigenvalue weighted by Gasteiger charge is 2.22. The molecule has 0 radical (unpaired) electrons. The second-order valence-electron chi connectivity index (χ2n) is 5.29. The summed E-state index contributed by atoms with van der Waals surface area (Å²) in [5, 5.41) is 10.3. The van der Waals surface area contributed by atoms with Crippen LogP contribution in [0.15, 0.2) is 10.9 Å². The number of hydrogen-bond acceptors (Lipinski definition) is 4. The molecule has 6 nitrogen and oxygen atoms in total. The van der Waals surface area contributed by atoms with Crippen LogP contribution in [0.3, 0.4) is 0 Å². The number of aromatic nitrogens is 2. The molecular weight excluding hydrogens is 244 g/mol. The molecule has 19 heavy (non-hydrogen) atoms. The predicted molar refractivity (Wildman–Crippen MR) is 69.6 cm³/mol. The molecule has 1 fully saturated rings. The van der Waals surface area contributed by atoms with Crippen LogP contribution in [0.1, 0.15) is 24.1 Å². The highest BCUT2D eigenvalue weighted by Crippen LogP contribution is 2.27. The maximum Gasteiger partial charge on any atom is 0.267 e. The minimum Gasteiger partial charge on any atom is -0.354 e. The van der Waals surface area contributed by atoms with Gasteiger partial charge in [0.15, 0.2) is 0 Å². The van der Waals surface area contributed by atoms with Crippen molar-refractivity contribution in [1.82, 2.24) is 20.4 Å². The average Bonchev–Trinajstić information content (AvgIpc) is 3.21. The van der Waals surface area contributed by atoms with Gasteiger partial charge in [0, 0.05) is 32.1 Å². The first kappa shape index (κ1) is 12.3. The third-order valence-electron chi connectivity index (χ3n) is 3.60. The number of fused-ring (bicyclic) bond motifs is 1. The fraction of sp³-hybridized carbons (Fsp3) is 0.615. The van der Waals surface area contributed by atoms with E-state index in [0.717, 1.165) is 30.8 Å². The van der Waals surface area contributed by atoms with Crippen LogP contribution in [0.4, 0.5) is 0 Å². The topological polar surface area (TPSA) is 76.0 Å². The fourth-order valence-corrected chi connectivity index (χ4v) is 2.24. The monoisotopic (exact) mass is 262 g/mol. The number of rotatable bonds is 4. The van der Waals surface area contributed by atoms with Gasteiger partial charge in [-0.1, -0.05) is 0 Å². The zero-order valence-electron chi connectivity index (χ0n) is 10.8. The van der Waals surface area contributed by atoms with E-state index < -0.39 is 0 Å². The Morgan fingerprint density at radius 3 is 3.16 bits per heavy atom. The summed E-state index contributed by atoms with van der Waals surface area (Å²) in [4.78, 5) is 23.6. The predicted octanol–water partition coefficient (Wildman–Crippen LogP) is -0.585. The number of hydrogen-bond donors (Lipinski definition) is 2. The summed E-state index contributed by atoms with van der Waals surface area (Å²) in [6, 6.07) is 1.59. The Labute approximate surface area is 111 Å². The number of carbonyl (C=O) groups excluding carboxylic acids is 1. The van der Waals surface area contributed by atoms with Crippen molar-refractivity contribution >= 4 is 5.91 Å². The molecule has 1 aliphatic heterocycles. The van der Waals surface area contributed by atoms with E-state index in [0.29, 0.717) is 12.5 Å². The summed E-state index contributed by atoms with van der Waals surface area (Å²) >= 11 is 0. The minimum absolute atomic E-state index is 0.0201. The SMILES string of the molecule is O=C(Cn1nc2c(cc1=O)CNCC2)NCC1CC1. The van der Waals surface area contributed by atoms with Gasteiger partial charge in [-0.05, 0) is 24.3 Å². The van der Waals surface area contributed by atoms with Gasteiger partial charge in [0.2, 0.25) is 5.91 Å². The Morgan fingerprint density at radius 2 is 2.37 bits per heavy atom. The van der Waals surface area contributed by atoms with Gasteiger partial charge in [-0.25, -0.2) is 4.68 Å². The average molecular weight is 262 g/mol. The van der Waals surface area contributed by atoms with E-state index in [4.69, 9.17) is 0 Å². The quantitative estimate of drug-likeness (QED) is 0.761. The number of nitrogens with one attached hydrogen (secondary N) is 2. The first-order valence-electron chi connectivity index (χ1n) is 6.80. The first-order valence-corrected chi connectivity index (χ1v) is 6.80. The zero-order valence-corrected chi connectivity index (χ0v) is 10.8. The third kappa shape index (κ3) is 3.01. The molecule has 0 aromatic carbocycles. The summed E-state index contributed by atoms with van der Waals surface area (Å²) in [6.07, 6.45) is 3.20. The molecule has 0 unspecified atom stereocenters.